The fourth-order valence-electron chi connectivity index (χ4n) is 10.2. The first kappa shape index (κ1) is 43.7. The first-order chi connectivity index (χ1) is 30.8. The maximum atomic E-state index is 13.3. The van der Waals surface area contributed by atoms with Gasteiger partial charge in [-0.15, -0.1) is 0 Å². The predicted octanol–water partition coefficient (Wildman–Crippen LogP) is 5.36. The second kappa shape index (κ2) is 18.1. The molecule has 0 bridgehead atoms. The van der Waals surface area contributed by atoms with Crippen molar-refractivity contribution in [3.8, 4) is 5.75 Å². The van der Waals surface area contributed by atoms with Crippen molar-refractivity contribution in [1.29, 1.82) is 0 Å². The molecule has 3 saturated heterocycles. The van der Waals surface area contributed by atoms with Crippen LogP contribution in [0.25, 0.3) is 10.9 Å². The number of imide groups is 1. The van der Waals surface area contributed by atoms with Crippen LogP contribution in [0.15, 0.2) is 47.4 Å². The van der Waals surface area contributed by atoms with Gasteiger partial charge in [-0.3, -0.25) is 29.3 Å². The number of amides is 4. The average molecular weight is 894 g/mol. The van der Waals surface area contributed by atoms with Gasteiger partial charge in [-0.25, -0.2) is 4.98 Å². The standard InChI is InChI=1S/C47H56ClN9O7/c1-26(2)57-38-8-5-30(19-29(38)20-40(46(57)62)63-25-42(59)49-4)51-43-37(48)23-50-47(53-43)55-17-13-32(14-18-55)64-33-21-31(22-33)54-15-11-28(12-16-54)34-6-7-35-36(27(34)3)24-56(45(35)61)39-9-10-41(58)52-44(39)60/h5-8,19-20,23,26,28,31-33,39H,9-18,21-22,24-25H2,1-4H3,(H,49,59)(H,50,51,53)(H,52,58,60). The molecule has 4 fully saturated rings. The van der Waals surface area contributed by atoms with E-state index in [1.165, 1.54) is 12.6 Å². The third-order valence-corrected chi connectivity index (χ3v) is 14.1. The number of rotatable bonds is 12. The lowest BCUT2D eigenvalue weighted by Crippen LogP contribution is -2.52. The molecule has 2 aromatic heterocycles. The summed E-state index contributed by atoms with van der Waals surface area (Å²) in [5.41, 5.74) is 5.32. The smallest absolute Gasteiger partial charge is 0.293 e. The lowest BCUT2D eigenvalue weighted by Gasteiger charge is -2.47. The highest BCUT2D eigenvalue weighted by Crippen LogP contribution is 2.40. The molecule has 9 rings (SSSR count). The zero-order valence-corrected chi connectivity index (χ0v) is 37.6. The van der Waals surface area contributed by atoms with Crippen LogP contribution < -0.4 is 31.1 Å². The number of halogens is 1. The van der Waals surface area contributed by atoms with E-state index in [-0.39, 0.29) is 66.2 Å². The summed E-state index contributed by atoms with van der Waals surface area (Å²) in [5, 5.41) is 9.38. The molecule has 4 amide bonds. The third kappa shape index (κ3) is 8.66. The molecule has 0 spiro atoms. The van der Waals surface area contributed by atoms with Crippen molar-refractivity contribution in [1.82, 2.24) is 35.0 Å². The van der Waals surface area contributed by atoms with Gasteiger partial charge in [0.25, 0.3) is 17.4 Å². The molecule has 1 aliphatic carbocycles. The van der Waals surface area contributed by atoms with Crippen LogP contribution in [0.5, 0.6) is 5.75 Å². The highest BCUT2D eigenvalue weighted by Gasteiger charge is 2.41. The van der Waals surface area contributed by atoms with E-state index in [2.05, 4.69) is 43.7 Å². The van der Waals surface area contributed by atoms with Gasteiger partial charge in [-0.2, -0.15) is 4.98 Å². The van der Waals surface area contributed by atoms with Crippen molar-refractivity contribution in [2.24, 2.45) is 0 Å². The van der Waals surface area contributed by atoms with Crippen molar-refractivity contribution in [2.75, 3.05) is 50.1 Å². The van der Waals surface area contributed by atoms with E-state index in [0.29, 0.717) is 47.3 Å². The molecule has 3 N–H and O–H groups in total. The fourth-order valence-corrected chi connectivity index (χ4v) is 10.3. The van der Waals surface area contributed by atoms with Gasteiger partial charge in [0.05, 0.1) is 23.9 Å². The molecular weight excluding hydrogens is 838 g/mol. The third-order valence-electron chi connectivity index (χ3n) is 13.9. The molecule has 1 unspecified atom stereocenters. The Balaban J connectivity index is 0.746. The van der Waals surface area contributed by atoms with Crippen LogP contribution in [-0.4, -0.2) is 112 Å². The molecule has 16 nitrogen and oxygen atoms in total. The molecule has 1 saturated carbocycles. The van der Waals surface area contributed by atoms with Crippen molar-refractivity contribution in [2.45, 2.75) is 115 Å². The molecular formula is C47H56ClN9O7. The number of nitrogens with one attached hydrogen (secondary N) is 3. The number of hydrogen-bond acceptors (Lipinski definition) is 12. The fraction of sp³-hybridized carbons (Fsp3) is 0.511. The van der Waals surface area contributed by atoms with Crippen LogP contribution in [0.1, 0.15) is 104 Å². The minimum atomic E-state index is -0.602. The zero-order valence-electron chi connectivity index (χ0n) is 36.8. The van der Waals surface area contributed by atoms with Crippen LogP contribution in [0.2, 0.25) is 5.02 Å². The molecule has 2 aromatic carbocycles. The Labute approximate surface area is 377 Å². The van der Waals surface area contributed by atoms with Crippen molar-refractivity contribution in [3.63, 3.8) is 0 Å². The highest BCUT2D eigenvalue weighted by molar-refractivity contribution is 6.33. The summed E-state index contributed by atoms with van der Waals surface area (Å²) in [5.74, 6) is 0.481. The van der Waals surface area contributed by atoms with E-state index in [1.54, 1.807) is 21.7 Å². The first-order valence-electron chi connectivity index (χ1n) is 22.6. The number of anilines is 3. The minimum Gasteiger partial charge on any atom is -0.478 e. The summed E-state index contributed by atoms with van der Waals surface area (Å²) < 4.78 is 13.9. The number of ether oxygens (including phenoxy) is 2. The zero-order chi connectivity index (χ0) is 44.8. The number of nitrogens with zero attached hydrogens (tertiary/aromatic N) is 6. The van der Waals surface area contributed by atoms with Gasteiger partial charge in [0.15, 0.2) is 18.2 Å². The Hall–Kier alpha value is -5.58. The molecule has 4 aliphatic heterocycles. The second-order valence-corrected chi connectivity index (χ2v) is 18.5. The lowest BCUT2D eigenvalue weighted by atomic mass is 9.81. The van der Waals surface area contributed by atoms with Gasteiger partial charge in [0.2, 0.25) is 17.8 Å². The van der Waals surface area contributed by atoms with Crippen LogP contribution in [0, 0.1) is 6.92 Å². The summed E-state index contributed by atoms with van der Waals surface area (Å²) in [4.78, 5) is 78.5. The molecule has 5 aliphatic rings. The van der Waals surface area contributed by atoms with E-state index < -0.39 is 6.04 Å². The molecule has 1 atom stereocenters. The Morgan fingerprint density at radius 1 is 0.969 bits per heavy atom. The number of piperidine rings is 3. The van der Waals surface area contributed by atoms with E-state index in [0.717, 1.165) is 92.4 Å². The SMILES string of the molecule is CNC(=O)COc1cc2cc(Nc3nc(N4CCC(OC5CC(N6CCC(c7ccc8c(c7C)CN(C7CCC(=O)NC7=O)C8=O)CC6)C5)CC4)ncc3Cl)ccc2n(C(C)C)c1=O. The van der Waals surface area contributed by atoms with E-state index in [1.807, 2.05) is 38.1 Å². The van der Waals surface area contributed by atoms with Crippen molar-refractivity contribution >= 4 is 63.6 Å². The molecule has 338 valence electrons. The van der Waals surface area contributed by atoms with Crippen LogP contribution in [0.3, 0.4) is 0 Å². The van der Waals surface area contributed by atoms with Crippen LogP contribution in [-0.2, 0) is 25.7 Å². The minimum absolute atomic E-state index is 0.0955. The number of aromatic nitrogens is 3. The lowest BCUT2D eigenvalue weighted by molar-refractivity contribution is -0.137. The Kier molecular flexibility index (Phi) is 12.4. The van der Waals surface area contributed by atoms with E-state index in [9.17, 15) is 24.0 Å². The first-order valence-corrected chi connectivity index (χ1v) is 23.0. The van der Waals surface area contributed by atoms with Gasteiger partial charge >= 0.3 is 0 Å². The number of pyridine rings is 1. The summed E-state index contributed by atoms with van der Waals surface area (Å²) >= 11 is 6.61. The van der Waals surface area contributed by atoms with Crippen molar-refractivity contribution < 1.29 is 28.7 Å². The second-order valence-electron chi connectivity index (χ2n) is 18.1. The number of fused-ring (bicyclic) bond motifs is 2. The van der Waals surface area contributed by atoms with Gasteiger partial charge in [-0.1, -0.05) is 17.7 Å². The normalized spacial score (nSPS) is 22.2. The van der Waals surface area contributed by atoms with Gasteiger partial charge < -0.3 is 39.4 Å². The number of carbonyl (C=O) groups excluding carboxylic acids is 4. The summed E-state index contributed by atoms with van der Waals surface area (Å²) in [6, 6.07) is 11.2. The summed E-state index contributed by atoms with van der Waals surface area (Å²) in [6.07, 6.45) is 8.67. The van der Waals surface area contributed by atoms with E-state index >= 15 is 0 Å². The molecule has 4 aromatic rings. The quantitative estimate of drug-likeness (QED) is 0.155. The van der Waals surface area contributed by atoms with Gasteiger partial charge in [0.1, 0.15) is 11.1 Å². The Morgan fingerprint density at radius 3 is 2.45 bits per heavy atom. The maximum Gasteiger partial charge on any atom is 0.293 e. The number of carbonyl (C=O) groups is 4. The molecule has 6 heterocycles. The topological polar surface area (TPSA) is 180 Å². The Bertz CT molecular complexity index is 2540. The number of likely N-dealkylation sites (N-methyl/N-ethyl adjacent to an activating group) is 1. The van der Waals surface area contributed by atoms with Gasteiger partial charge in [0, 0.05) is 61.8 Å². The van der Waals surface area contributed by atoms with Crippen molar-refractivity contribution in [3.05, 3.63) is 80.2 Å². The maximum absolute atomic E-state index is 13.3. The largest absolute Gasteiger partial charge is 0.478 e. The number of benzene rings is 2. The molecule has 64 heavy (non-hydrogen) atoms. The van der Waals surface area contributed by atoms with Gasteiger partial charge in [-0.05, 0) is 132 Å². The summed E-state index contributed by atoms with van der Waals surface area (Å²) in [6.45, 7) is 9.72. The predicted molar refractivity (Wildman–Crippen MR) is 242 cm³/mol. The molecule has 17 heteroatoms. The van der Waals surface area contributed by atoms with E-state index in [4.69, 9.17) is 26.1 Å². The Morgan fingerprint density at radius 2 is 1.73 bits per heavy atom. The monoisotopic (exact) mass is 893 g/mol. The average Bonchev–Trinajstić information content (AvgIpc) is 3.61. The van der Waals surface area contributed by atoms with Crippen LogP contribution in [0.4, 0.5) is 17.5 Å². The highest BCUT2D eigenvalue weighted by atomic mass is 35.5. The van der Waals surface area contributed by atoms with Crippen LogP contribution >= 0.6 is 11.6 Å². The molecule has 0 radical (unpaired) electrons. The summed E-state index contributed by atoms with van der Waals surface area (Å²) in [7, 11) is 1.52. The number of likely N-dealkylation sites (tertiary alicyclic amines) is 1. The number of hydrogen-bond donors (Lipinski definition) is 3.